The van der Waals surface area contributed by atoms with E-state index in [1.165, 1.54) is 4.31 Å². The number of aromatic nitrogens is 4. The van der Waals surface area contributed by atoms with Gasteiger partial charge in [-0.05, 0) is 54.3 Å². The molecule has 11 heteroatoms. The topological polar surface area (TPSA) is 128 Å². The van der Waals surface area contributed by atoms with E-state index in [9.17, 15) is 18.3 Å². The van der Waals surface area contributed by atoms with Crippen molar-refractivity contribution >= 4 is 27.2 Å². The van der Waals surface area contributed by atoms with E-state index in [4.69, 9.17) is 4.74 Å². The number of nitrogens with zero attached hydrogens (tertiary/aromatic N) is 5. The molecule has 10 nitrogen and oxygen atoms in total. The van der Waals surface area contributed by atoms with Crippen molar-refractivity contribution in [1.29, 1.82) is 0 Å². The summed E-state index contributed by atoms with van der Waals surface area (Å²) >= 11 is 0. The maximum absolute atomic E-state index is 13.5. The first-order valence-electron chi connectivity index (χ1n) is 11.9. The number of carboxylic acid groups (broad SMARTS) is 1. The van der Waals surface area contributed by atoms with Gasteiger partial charge >= 0.3 is 5.97 Å². The quantitative estimate of drug-likeness (QED) is 0.410. The van der Waals surface area contributed by atoms with Crippen molar-refractivity contribution in [3.63, 3.8) is 0 Å². The van der Waals surface area contributed by atoms with Gasteiger partial charge in [0.25, 0.3) is 0 Å². The summed E-state index contributed by atoms with van der Waals surface area (Å²) in [6, 6.07) is 14.1. The van der Waals surface area contributed by atoms with Gasteiger partial charge in [0.15, 0.2) is 5.65 Å². The molecule has 3 heterocycles. The summed E-state index contributed by atoms with van der Waals surface area (Å²) in [6.45, 7) is 4.07. The maximum Gasteiger partial charge on any atom is 0.304 e. The summed E-state index contributed by atoms with van der Waals surface area (Å²) in [7, 11) is -2.07. The predicted molar refractivity (Wildman–Crippen MR) is 136 cm³/mol. The third-order valence-corrected chi connectivity index (χ3v) is 8.47. The molecule has 2 unspecified atom stereocenters. The van der Waals surface area contributed by atoms with E-state index < -0.39 is 21.9 Å². The molecule has 4 aromatic rings. The second-order valence-corrected chi connectivity index (χ2v) is 11.2. The monoisotopic (exact) mass is 521 g/mol. The Bertz CT molecular complexity index is 1600. The molecule has 0 saturated carbocycles. The Morgan fingerprint density at radius 3 is 2.76 bits per heavy atom. The first kappa shape index (κ1) is 24.8. The van der Waals surface area contributed by atoms with E-state index in [-0.39, 0.29) is 30.5 Å². The van der Waals surface area contributed by atoms with Crippen LogP contribution in [0.2, 0.25) is 0 Å². The Hall–Kier alpha value is -3.83. The minimum atomic E-state index is -3.81. The Labute approximate surface area is 214 Å². The van der Waals surface area contributed by atoms with Gasteiger partial charge < -0.3 is 9.84 Å². The second kappa shape index (κ2) is 9.56. The van der Waals surface area contributed by atoms with E-state index in [0.29, 0.717) is 22.5 Å². The van der Waals surface area contributed by atoms with Crippen molar-refractivity contribution < 1.29 is 23.1 Å². The van der Waals surface area contributed by atoms with Gasteiger partial charge in [-0.15, -0.1) is 5.10 Å². The molecule has 192 valence electrons. The predicted octanol–water partition coefficient (Wildman–Crippen LogP) is 3.25. The largest absolute Gasteiger partial charge is 0.488 e. The standard InChI is InChI=1S/C26H27N5O5S/c1-16-8-9-18(21(12-25(32)33)19-11-22-26(27-13-19)30(3)29-28-22)10-20(16)15-31-14-17(2)36-23-6-4-5-7-24(23)37(31,34)35/h4-11,13,17,21H,12,14-15H2,1-3H3,(H,32,33). The molecule has 0 radical (unpaired) electrons. The van der Waals surface area contributed by atoms with Crippen molar-refractivity contribution in [3.05, 3.63) is 77.0 Å². The number of carbonyl (C=O) groups is 1. The van der Waals surface area contributed by atoms with E-state index in [0.717, 1.165) is 16.7 Å². The molecule has 2 atom stereocenters. The van der Waals surface area contributed by atoms with Gasteiger partial charge in [0.1, 0.15) is 22.3 Å². The summed E-state index contributed by atoms with van der Waals surface area (Å²) < 4.78 is 36.0. The SMILES string of the molecule is Cc1ccc(C(CC(=O)O)c2cnc3c(c2)nnn3C)cc1CN1CC(C)Oc2ccccc2S1(=O)=O. The number of hydrogen-bond acceptors (Lipinski definition) is 7. The van der Waals surface area contributed by atoms with Crippen LogP contribution in [0.4, 0.5) is 0 Å². The summed E-state index contributed by atoms with van der Waals surface area (Å²) in [5.41, 5.74) is 4.32. The number of aliphatic carboxylic acids is 1. The first-order valence-corrected chi connectivity index (χ1v) is 13.3. The van der Waals surface area contributed by atoms with Crippen LogP contribution >= 0.6 is 0 Å². The van der Waals surface area contributed by atoms with Gasteiger partial charge in [0, 0.05) is 25.7 Å². The highest BCUT2D eigenvalue weighted by atomic mass is 32.2. The van der Waals surface area contributed by atoms with Gasteiger partial charge in [-0.1, -0.05) is 35.5 Å². The maximum atomic E-state index is 13.5. The van der Waals surface area contributed by atoms with Crippen molar-refractivity contribution in [2.75, 3.05) is 6.54 Å². The van der Waals surface area contributed by atoms with Crippen molar-refractivity contribution in [2.45, 2.75) is 43.7 Å². The molecule has 0 bridgehead atoms. The number of rotatable bonds is 6. The van der Waals surface area contributed by atoms with Crippen LogP contribution in [0.25, 0.3) is 11.2 Å². The highest BCUT2D eigenvalue weighted by molar-refractivity contribution is 7.89. The minimum Gasteiger partial charge on any atom is -0.488 e. The van der Waals surface area contributed by atoms with E-state index in [1.54, 1.807) is 48.3 Å². The number of carboxylic acids is 1. The number of sulfonamides is 1. The molecule has 0 saturated heterocycles. The Morgan fingerprint density at radius 1 is 1.19 bits per heavy atom. The van der Waals surface area contributed by atoms with Gasteiger partial charge in [0.05, 0.1) is 13.0 Å². The molecular formula is C26H27N5O5S. The average molecular weight is 522 g/mol. The van der Waals surface area contributed by atoms with Crippen LogP contribution in [0.5, 0.6) is 5.75 Å². The van der Waals surface area contributed by atoms with Gasteiger partial charge in [-0.3, -0.25) is 4.79 Å². The molecule has 1 aliphatic heterocycles. The van der Waals surface area contributed by atoms with Gasteiger partial charge in [0.2, 0.25) is 10.0 Å². The molecular weight excluding hydrogens is 494 g/mol. The Balaban J connectivity index is 1.53. The highest BCUT2D eigenvalue weighted by Crippen LogP contribution is 2.34. The molecule has 1 N–H and O–H groups in total. The number of para-hydroxylation sites is 1. The van der Waals surface area contributed by atoms with Crippen LogP contribution in [-0.4, -0.2) is 56.4 Å². The number of benzene rings is 2. The zero-order chi connectivity index (χ0) is 26.3. The van der Waals surface area contributed by atoms with E-state index in [2.05, 4.69) is 15.3 Å². The molecule has 2 aromatic carbocycles. The van der Waals surface area contributed by atoms with Crippen molar-refractivity contribution in [1.82, 2.24) is 24.3 Å². The Kier molecular flexibility index (Phi) is 6.42. The zero-order valence-corrected chi connectivity index (χ0v) is 21.5. The van der Waals surface area contributed by atoms with Gasteiger partial charge in [-0.25, -0.2) is 18.1 Å². The molecule has 0 fully saturated rings. The average Bonchev–Trinajstić information content (AvgIpc) is 3.19. The number of fused-ring (bicyclic) bond motifs is 2. The third-order valence-electron chi connectivity index (χ3n) is 6.62. The van der Waals surface area contributed by atoms with Crippen LogP contribution in [0, 0.1) is 6.92 Å². The molecule has 1 aliphatic rings. The lowest BCUT2D eigenvalue weighted by Crippen LogP contribution is -2.35. The lowest BCUT2D eigenvalue weighted by atomic mass is 9.87. The summed E-state index contributed by atoms with van der Waals surface area (Å²) in [5.74, 6) is -1.11. The van der Waals surface area contributed by atoms with Crippen LogP contribution in [-0.2, 0) is 28.4 Å². The highest BCUT2D eigenvalue weighted by Gasteiger charge is 2.33. The summed E-state index contributed by atoms with van der Waals surface area (Å²) in [6.07, 6.45) is 1.15. The summed E-state index contributed by atoms with van der Waals surface area (Å²) in [5, 5.41) is 17.8. The van der Waals surface area contributed by atoms with Crippen LogP contribution in [0.3, 0.4) is 0 Å². The van der Waals surface area contributed by atoms with Crippen LogP contribution < -0.4 is 4.74 Å². The fourth-order valence-electron chi connectivity index (χ4n) is 4.69. The van der Waals surface area contributed by atoms with Crippen LogP contribution in [0.15, 0.2) is 59.6 Å². The third kappa shape index (κ3) is 4.79. The lowest BCUT2D eigenvalue weighted by molar-refractivity contribution is -0.137. The molecule has 0 aliphatic carbocycles. The molecule has 0 amide bonds. The van der Waals surface area contributed by atoms with Crippen LogP contribution in [0.1, 0.15) is 41.5 Å². The fraction of sp³-hybridized carbons (Fsp3) is 0.308. The summed E-state index contributed by atoms with van der Waals surface area (Å²) in [4.78, 5) is 16.4. The number of pyridine rings is 1. The molecule has 0 spiro atoms. The number of aryl methyl sites for hydroxylation is 2. The van der Waals surface area contributed by atoms with Crippen molar-refractivity contribution in [3.8, 4) is 5.75 Å². The van der Waals surface area contributed by atoms with E-state index in [1.807, 2.05) is 32.0 Å². The zero-order valence-electron chi connectivity index (χ0n) is 20.7. The number of hydrogen-bond donors (Lipinski definition) is 1. The normalized spacial score (nSPS) is 18.1. The van der Waals surface area contributed by atoms with Gasteiger partial charge in [-0.2, -0.15) is 4.31 Å². The Morgan fingerprint density at radius 2 is 1.97 bits per heavy atom. The lowest BCUT2D eigenvalue weighted by Gasteiger charge is -2.23. The fourth-order valence-corrected chi connectivity index (χ4v) is 6.31. The first-order chi connectivity index (χ1) is 17.6. The second-order valence-electron chi connectivity index (χ2n) is 9.33. The number of ether oxygens (including phenoxy) is 1. The minimum absolute atomic E-state index is 0.130. The molecule has 5 rings (SSSR count). The van der Waals surface area contributed by atoms with E-state index >= 15 is 0 Å². The molecule has 37 heavy (non-hydrogen) atoms. The van der Waals surface area contributed by atoms with Crippen molar-refractivity contribution in [2.24, 2.45) is 7.05 Å². The molecule has 2 aromatic heterocycles. The smallest absolute Gasteiger partial charge is 0.304 e.